The molecular weight excluding hydrogens is 341 g/mol. The molecule has 2 aromatic rings. The van der Waals surface area contributed by atoms with Crippen LogP contribution in [-0.4, -0.2) is 17.8 Å². The highest BCUT2D eigenvalue weighted by atomic mass is 31.1. The van der Waals surface area contributed by atoms with Crippen molar-refractivity contribution in [2.45, 2.75) is 58.3 Å². The van der Waals surface area contributed by atoms with Gasteiger partial charge in [-0.25, -0.2) is 0 Å². The number of hydrogen-bond acceptors (Lipinski definition) is 3. The molecule has 0 aliphatic carbocycles. The Morgan fingerprint density at radius 2 is 1.73 bits per heavy atom. The molecule has 2 aromatic carbocycles. The van der Waals surface area contributed by atoms with Crippen molar-refractivity contribution in [1.29, 1.82) is 0 Å². The first kappa shape index (κ1) is 20.7. The van der Waals surface area contributed by atoms with E-state index in [1.54, 1.807) is 13.2 Å². The number of hydrogen-bond donors (Lipinski definition) is 2. The third kappa shape index (κ3) is 4.99. The predicted octanol–water partition coefficient (Wildman–Crippen LogP) is 4.92. The molecule has 0 heterocycles. The Labute approximate surface area is 160 Å². The van der Waals surface area contributed by atoms with Gasteiger partial charge in [-0.2, -0.15) is 0 Å². The summed E-state index contributed by atoms with van der Waals surface area (Å²) < 4.78 is 5.32. The zero-order valence-corrected chi connectivity index (χ0v) is 17.8. The van der Waals surface area contributed by atoms with E-state index in [-0.39, 0.29) is 16.4 Å². The maximum atomic E-state index is 10.7. The van der Waals surface area contributed by atoms with E-state index in [9.17, 15) is 5.11 Å². The van der Waals surface area contributed by atoms with E-state index < -0.39 is 0 Å². The van der Waals surface area contributed by atoms with Gasteiger partial charge in [-0.05, 0) is 44.1 Å². The van der Waals surface area contributed by atoms with Gasteiger partial charge >= 0.3 is 0 Å². The van der Waals surface area contributed by atoms with Gasteiger partial charge in [0.1, 0.15) is 0 Å². The van der Waals surface area contributed by atoms with Crippen LogP contribution in [0.1, 0.15) is 52.2 Å². The molecule has 3 nitrogen and oxygen atoms in total. The van der Waals surface area contributed by atoms with Crippen molar-refractivity contribution in [1.82, 2.24) is 5.32 Å². The molecule has 142 valence electrons. The van der Waals surface area contributed by atoms with Crippen molar-refractivity contribution < 1.29 is 9.84 Å². The third-order valence-corrected chi connectivity index (χ3v) is 6.69. The van der Waals surface area contributed by atoms with Gasteiger partial charge in [-0.3, -0.25) is 0 Å². The van der Waals surface area contributed by atoms with Gasteiger partial charge in [0, 0.05) is 22.8 Å². The molecular formula is C22H32NO2P. The smallest absolute Gasteiger partial charge is 0.161 e. The molecule has 0 saturated heterocycles. The van der Waals surface area contributed by atoms with E-state index in [2.05, 4.69) is 64.2 Å². The van der Waals surface area contributed by atoms with Gasteiger partial charge in [-0.15, -0.1) is 0 Å². The fourth-order valence-corrected chi connectivity index (χ4v) is 4.55. The summed E-state index contributed by atoms with van der Waals surface area (Å²) in [5.41, 5.74) is 2.36. The maximum absolute atomic E-state index is 10.7. The molecule has 2 N–H and O–H groups in total. The fourth-order valence-electron chi connectivity index (χ4n) is 2.93. The lowest BCUT2D eigenvalue weighted by Crippen LogP contribution is -2.36. The average molecular weight is 373 g/mol. The van der Waals surface area contributed by atoms with E-state index in [1.807, 2.05) is 12.1 Å². The number of aromatic hydroxyl groups is 1. The quantitative estimate of drug-likeness (QED) is 0.677. The van der Waals surface area contributed by atoms with Crippen LogP contribution in [0.4, 0.5) is 0 Å². The summed E-state index contributed by atoms with van der Waals surface area (Å²) >= 11 is 0. The number of benzene rings is 2. The molecule has 0 fully saturated rings. The van der Waals surface area contributed by atoms with Crippen molar-refractivity contribution in [3.05, 3.63) is 53.6 Å². The van der Waals surface area contributed by atoms with E-state index >= 15 is 0 Å². The summed E-state index contributed by atoms with van der Waals surface area (Å²) in [5, 5.41) is 15.5. The van der Waals surface area contributed by atoms with Crippen molar-refractivity contribution in [2.24, 2.45) is 0 Å². The van der Waals surface area contributed by atoms with Crippen LogP contribution in [-0.2, 0) is 11.7 Å². The lowest BCUT2D eigenvalue weighted by atomic mass is 9.96. The molecule has 2 rings (SSSR count). The molecule has 0 aliphatic heterocycles. The van der Waals surface area contributed by atoms with Crippen LogP contribution in [0.15, 0.2) is 42.5 Å². The molecule has 0 aromatic heterocycles. The Morgan fingerprint density at radius 1 is 1.04 bits per heavy atom. The molecule has 0 spiro atoms. The minimum Gasteiger partial charge on any atom is -0.504 e. The maximum Gasteiger partial charge on any atom is 0.161 e. The topological polar surface area (TPSA) is 41.5 Å². The zero-order chi connectivity index (χ0) is 19.4. The zero-order valence-electron chi connectivity index (χ0n) is 16.8. The van der Waals surface area contributed by atoms with Crippen molar-refractivity contribution >= 4 is 13.9 Å². The van der Waals surface area contributed by atoms with Crippen molar-refractivity contribution in [3.63, 3.8) is 0 Å². The largest absolute Gasteiger partial charge is 0.504 e. The first-order chi connectivity index (χ1) is 12.2. The number of rotatable bonds is 7. The lowest BCUT2D eigenvalue weighted by Gasteiger charge is -2.31. The van der Waals surface area contributed by atoms with E-state index in [4.69, 9.17) is 4.74 Å². The summed E-state index contributed by atoms with van der Waals surface area (Å²) in [6.07, 6.45) is 0.938. The van der Waals surface area contributed by atoms with E-state index in [0.717, 1.165) is 18.5 Å². The normalized spacial score (nSPS) is 14.5. The Balaban J connectivity index is 2.36. The second-order valence-electron chi connectivity index (χ2n) is 7.93. The molecule has 4 heteroatoms. The number of para-hydroxylation sites is 1. The van der Waals surface area contributed by atoms with Crippen LogP contribution < -0.4 is 15.4 Å². The van der Waals surface area contributed by atoms with Crippen LogP contribution >= 0.6 is 8.58 Å². The number of phenolic OH excluding ortho intramolecular Hbond substituents is 1. The van der Waals surface area contributed by atoms with Crippen LogP contribution in [0.2, 0.25) is 0 Å². The molecule has 2 unspecified atom stereocenters. The van der Waals surface area contributed by atoms with Crippen molar-refractivity contribution in [2.75, 3.05) is 7.11 Å². The molecule has 0 amide bonds. The Bertz CT molecular complexity index is 739. The molecule has 0 bridgehead atoms. The second kappa shape index (κ2) is 8.41. The van der Waals surface area contributed by atoms with Gasteiger partial charge in [-0.1, -0.05) is 58.8 Å². The summed E-state index contributed by atoms with van der Waals surface area (Å²) in [6, 6.07) is 14.4. The van der Waals surface area contributed by atoms with Gasteiger partial charge in [0.05, 0.1) is 7.11 Å². The minimum atomic E-state index is -0.142. The van der Waals surface area contributed by atoms with Crippen LogP contribution in [0, 0.1) is 0 Å². The van der Waals surface area contributed by atoms with E-state index in [0.29, 0.717) is 14.3 Å². The van der Waals surface area contributed by atoms with Crippen LogP contribution in [0.25, 0.3) is 0 Å². The van der Waals surface area contributed by atoms with Gasteiger partial charge < -0.3 is 15.2 Å². The lowest BCUT2D eigenvalue weighted by molar-refractivity contribution is 0.367. The summed E-state index contributed by atoms with van der Waals surface area (Å²) in [6.45, 7) is 11.8. The molecule has 26 heavy (non-hydrogen) atoms. The van der Waals surface area contributed by atoms with Crippen LogP contribution in [0.5, 0.6) is 11.5 Å². The van der Waals surface area contributed by atoms with Crippen molar-refractivity contribution in [3.8, 4) is 11.5 Å². The highest BCUT2D eigenvalue weighted by molar-refractivity contribution is 7.48. The standard InChI is InChI=1S/C22H32NO2P/c1-7-22(5,17-12-10-13-18(25-6)20(17)24)26-19-14-9-8-11-16(19)15-23-21(2,3)4/h8-14,23-24,26H,7,15H2,1-6H3. The number of methoxy groups -OCH3 is 1. The van der Waals surface area contributed by atoms with Gasteiger partial charge in [0.2, 0.25) is 0 Å². The fraction of sp³-hybridized carbons (Fsp3) is 0.455. The van der Waals surface area contributed by atoms with Gasteiger partial charge in [0.25, 0.3) is 0 Å². The second-order valence-corrected chi connectivity index (χ2v) is 9.82. The highest BCUT2D eigenvalue weighted by Crippen LogP contribution is 2.49. The first-order valence-corrected chi connectivity index (χ1v) is 10.2. The Kier molecular flexibility index (Phi) is 6.71. The SMILES string of the molecule is CCC(C)(Pc1ccccc1CNC(C)(C)C)c1cccc(OC)c1O. The highest BCUT2D eigenvalue weighted by Gasteiger charge is 2.30. The molecule has 0 saturated carbocycles. The molecule has 0 radical (unpaired) electrons. The minimum absolute atomic E-state index is 0.0787. The Morgan fingerprint density at radius 3 is 2.35 bits per heavy atom. The van der Waals surface area contributed by atoms with E-state index in [1.165, 1.54) is 10.9 Å². The Hall–Kier alpha value is -1.57. The summed E-state index contributed by atoms with van der Waals surface area (Å²) in [5.74, 6) is 0.798. The monoisotopic (exact) mass is 373 g/mol. The van der Waals surface area contributed by atoms with Gasteiger partial charge in [0.15, 0.2) is 11.5 Å². The predicted molar refractivity (Wildman–Crippen MR) is 113 cm³/mol. The number of nitrogens with one attached hydrogen (secondary N) is 1. The average Bonchev–Trinajstić information content (AvgIpc) is 2.60. The number of phenols is 1. The van der Waals surface area contributed by atoms with Crippen LogP contribution in [0.3, 0.4) is 0 Å². The third-order valence-electron chi connectivity index (χ3n) is 4.76. The first-order valence-electron chi connectivity index (χ1n) is 9.18. The molecule has 2 atom stereocenters. The number of ether oxygens (including phenoxy) is 1. The summed E-state index contributed by atoms with van der Waals surface area (Å²) in [4.78, 5) is 0. The molecule has 0 aliphatic rings. The summed E-state index contributed by atoms with van der Waals surface area (Å²) in [7, 11) is 2.15.